The molecular weight excluding hydrogens is 292 g/mol. The van der Waals surface area contributed by atoms with E-state index in [-0.39, 0.29) is 0 Å². The summed E-state index contributed by atoms with van der Waals surface area (Å²) in [5.74, 6) is -3.25. The Kier molecular flexibility index (Phi) is 3.39. The smallest absolute Gasteiger partial charge is 0.396 e. The van der Waals surface area contributed by atoms with Gasteiger partial charge in [-0.1, -0.05) is 0 Å². The second kappa shape index (κ2) is 4.18. The number of nitrogen functional groups attached to an aromatic ring is 1. The van der Waals surface area contributed by atoms with Crippen LogP contribution < -0.4 is 10.5 Å². The zero-order valence-electron chi connectivity index (χ0n) is 7.62. The molecule has 0 unspecified atom stereocenters. The number of pyridine rings is 1. The number of hydrogen-bond acceptors (Lipinski definition) is 5. The number of alkyl halides is 3. The molecule has 96 valence electrons. The molecule has 0 saturated heterocycles. The van der Waals surface area contributed by atoms with Gasteiger partial charge in [0.05, 0.1) is 5.69 Å². The van der Waals surface area contributed by atoms with Gasteiger partial charge in [0, 0.05) is 16.7 Å². The highest BCUT2D eigenvalue weighted by molar-refractivity contribution is 8.13. The van der Waals surface area contributed by atoms with Crippen LogP contribution in [-0.2, 0) is 9.05 Å². The number of anilines is 1. The Bertz CT molecular complexity index is 545. The minimum Gasteiger partial charge on any atom is -0.396 e. The molecular formula is C6H3ClF4N2O3S. The van der Waals surface area contributed by atoms with Crippen molar-refractivity contribution < 1.29 is 30.7 Å². The lowest BCUT2D eigenvalue weighted by Gasteiger charge is -2.10. The first-order valence-corrected chi connectivity index (χ1v) is 5.98. The zero-order chi connectivity index (χ0) is 13.4. The first kappa shape index (κ1) is 13.8. The lowest BCUT2D eigenvalue weighted by atomic mass is 10.4. The van der Waals surface area contributed by atoms with Crippen molar-refractivity contribution in [3.63, 3.8) is 0 Å². The van der Waals surface area contributed by atoms with Gasteiger partial charge >= 0.3 is 6.36 Å². The molecule has 0 spiro atoms. The molecule has 2 N–H and O–H groups in total. The molecule has 0 radical (unpaired) electrons. The normalized spacial score (nSPS) is 12.5. The maximum atomic E-state index is 13.0. The van der Waals surface area contributed by atoms with E-state index in [1.165, 1.54) is 0 Å². The predicted octanol–water partition coefficient (Wildman–Crippen LogP) is 1.63. The van der Waals surface area contributed by atoms with Crippen LogP contribution in [0.2, 0.25) is 0 Å². The summed E-state index contributed by atoms with van der Waals surface area (Å²) in [5.41, 5.74) is 4.06. The van der Waals surface area contributed by atoms with Crippen LogP contribution in [0.5, 0.6) is 5.88 Å². The van der Waals surface area contributed by atoms with E-state index in [0.717, 1.165) is 0 Å². The quantitative estimate of drug-likeness (QED) is 0.662. The summed E-state index contributed by atoms with van der Waals surface area (Å²) in [6, 6.07) is 0.473. The lowest BCUT2D eigenvalue weighted by molar-refractivity contribution is -0.277. The average Bonchev–Trinajstić information content (AvgIpc) is 2.08. The van der Waals surface area contributed by atoms with Crippen LogP contribution in [-0.4, -0.2) is 19.8 Å². The highest BCUT2D eigenvalue weighted by Gasteiger charge is 2.34. The number of halogens is 5. The van der Waals surface area contributed by atoms with Gasteiger partial charge in [0.1, 0.15) is 0 Å². The highest BCUT2D eigenvalue weighted by atomic mass is 35.7. The molecule has 0 fully saturated rings. The minimum atomic E-state index is -5.24. The van der Waals surface area contributed by atoms with Gasteiger partial charge in [0.25, 0.3) is 14.9 Å². The summed E-state index contributed by atoms with van der Waals surface area (Å²) in [7, 11) is 0.368. The van der Waals surface area contributed by atoms with E-state index < -0.39 is 37.8 Å². The van der Waals surface area contributed by atoms with Gasteiger partial charge in [-0.05, 0) is 0 Å². The molecule has 0 aromatic carbocycles. The Morgan fingerprint density at radius 2 is 1.94 bits per heavy atom. The standard InChI is InChI=1S/C6H3ClF4N2O3S/c7-17(14,15)3-1-2(12)4(8)5(13-3)16-6(9,10)11/h1H,(H2,12,13). The number of rotatable bonds is 2. The topological polar surface area (TPSA) is 82.3 Å². The van der Waals surface area contributed by atoms with Gasteiger partial charge in [-0.3, -0.25) is 0 Å². The van der Waals surface area contributed by atoms with E-state index >= 15 is 0 Å². The maximum Gasteiger partial charge on any atom is 0.574 e. The Morgan fingerprint density at radius 3 is 2.35 bits per heavy atom. The van der Waals surface area contributed by atoms with E-state index in [1.807, 2.05) is 0 Å². The number of aromatic nitrogens is 1. The summed E-state index contributed by atoms with van der Waals surface area (Å²) in [5, 5.41) is -1.04. The molecule has 0 aliphatic rings. The van der Waals surface area contributed by atoms with E-state index in [0.29, 0.717) is 6.07 Å². The monoisotopic (exact) mass is 294 g/mol. The maximum absolute atomic E-state index is 13.0. The third-order valence-corrected chi connectivity index (χ3v) is 2.58. The summed E-state index contributed by atoms with van der Waals surface area (Å²) in [6.07, 6.45) is -5.24. The van der Waals surface area contributed by atoms with Gasteiger partial charge in [0.15, 0.2) is 5.03 Å². The fourth-order valence-corrected chi connectivity index (χ4v) is 1.50. The lowest BCUT2D eigenvalue weighted by Crippen LogP contribution is -2.20. The van der Waals surface area contributed by atoms with E-state index in [4.69, 9.17) is 16.4 Å². The average molecular weight is 295 g/mol. The molecule has 17 heavy (non-hydrogen) atoms. The van der Waals surface area contributed by atoms with Crippen LogP contribution in [0.3, 0.4) is 0 Å². The van der Waals surface area contributed by atoms with Crippen LogP contribution in [0.25, 0.3) is 0 Å². The van der Waals surface area contributed by atoms with E-state index in [9.17, 15) is 26.0 Å². The van der Waals surface area contributed by atoms with Crippen LogP contribution in [0.4, 0.5) is 23.2 Å². The molecule has 0 atom stereocenters. The van der Waals surface area contributed by atoms with Gasteiger partial charge in [0.2, 0.25) is 5.82 Å². The Hall–Kier alpha value is -1.29. The van der Waals surface area contributed by atoms with Crippen LogP contribution in [0.1, 0.15) is 0 Å². The Balaban J connectivity index is 3.36. The van der Waals surface area contributed by atoms with Gasteiger partial charge in [-0.15, -0.1) is 13.2 Å². The van der Waals surface area contributed by atoms with Crippen molar-refractivity contribution in [2.45, 2.75) is 11.4 Å². The van der Waals surface area contributed by atoms with Crippen molar-refractivity contribution in [3.8, 4) is 5.88 Å². The summed E-state index contributed by atoms with van der Waals surface area (Å²) in [4.78, 5) is 2.77. The first-order chi connectivity index (χ1) is 7.50. The SMILES string of the molecule is Nc1cc(S(=O)(=O)Cl)nc(OC(F)(F)F)c1F. The molecule has 0 amide bonds. The molecule has 0 aliphatic heterocycles. The van der Waals surface area contributed by atoms with Gasteiger partial charge in [-0.2, -0.15) is 9.37 Å². The summed E-state index contributed by atoms with van der Waals surface area (Å²) >= 11 is 0. The first-order valence-electron chi connectivity index (χ1n) is 3.67. The number of nitrogens with zero attached hydrogens (tertiary/aromatic N) is 1. The third-order valence-electron chi connectivity index (χ3n) is 1.39. The molecule has 1 aromatic heterocycles. The molecule has 0 saturated carbocycles. The van der Waals surface area contributed by atoms with Crippen molar-refractivity contribution in [1.82, 2.24) is 4.98 Å². The van der Waals surface area contributed by atoms with Crippen molar-refractivity contribution in [3.05, 3.63) is 11.9 Å². The molecule has 1 aromatic rings. The van der Waals surface area contributed by atoms with Crippen molar-refractivity contribution >= 4 is 25.4 Å². The van der Waals surface area contributed by atoms with Crippen LogP contribution >= 0.6 is 10.7 Å². The number of nitrogens with two attached hydrogens (primary N) is 1. The minimum absolute atomic E-state index is 0.473. The third kappa shape index (κ3) is 3.60. The Morgan fingerprint density at radius 1 is 1.41 bits per heavy atom. The molecule has 5 nitrogen and oxygen atoms in total. The molecule has 1 rings (SSSR count). The predicted molar refractivity (Wildman–Crippen MR) is 48.3 cm³/mol. The molecule has 1 heterocycles. The summed E-state index contributed by atoms with van der Waals surface area (Å²) < 4.78 is 73.3. The second-order valence-electron chi connectivity index (χ2n) is 2.65. The number of ether oxygens (including phenoxy) is 1. The fraction of sp³-hybridized carbons (Fsp3) is 0.167. The van der Waals surface area contributed by atoms with Gasteiger partial charge < -0.3 is 10.5 Å². The van der Waals surface area contributed by atoms with Crippen molar-refractivity contribution in [2.75, 3.05) is 5.73 Å². The second-order valence-corrected chi connectivity index (χ2v) is 5.17. The number of hydrogen-bond donors (Lipinski definition) is 1. The molecule has 0 bridgehead atoms. The van der Waals surface area contributed by atoms with Crippen molar-refractivity contribution in [1.29, 1.82) is 0 Å². The van der Waals surface area contributed by atoms with E-state index in [2.05, 4.69) is 9.72 Å². The van der Waals surface area contributed by atoms with Gasteiger partial charge in [-0.25, -0.2) is 8.42 Å². The molecule has 0 aliphatic carbocycles. The molecule has 11 heteroatoms. The fourth-order valence-electron chi connectivity index (χ4n) is 0.803. The summed E-state index contributed by atoms with van der Waals surface area (Å²) in [6.45, 7) is 0. The van der Waals surface area contributed by atoms with Crippen LogP contribution in [0, 0.1) is 5.82 Å². The zero-order valence-corrected chi connectivity index (χ0v) is 9.20. The van der Waals surface area contributed by atoms with Crippen molar-refractivity contribution in [2.24, 2.45) is 0 Å². The Labute approximate surface area is 96.6 Å². The highest BCUT2D eigenvalue weighted by Crippen LogP contribution is 2.29. The van der Waals surface area contributed by atoms with E-state index in [1.54, 1.807) is 0 Å². The van der Waals surface area contributed by atoms with Crippen LogP contribution in [0.15, 0.2) is 11.1 Å². The largest absolute Gasteiger partial charge is 0.574 e.